The van der Waals surface area contributed by atoms with Gasteiger partial charge in [0, 0.05) is 6.04 Å². The van der Waals surface area contributed by atoms with E-state index in [4.69, 9.17) is 4.74 Å². The number of aliphatic imine (C=N–C) groups is 1. The first-order valence-electron chi connectivity index (χ1n) is 5.85. The van der Waals surface area contributed by atoms with Crippen molar-refractivity contribution in [1.82, 2.24) is 5.32 Å². The molecule has 1 aliphatic heterocycles. The van der Waals surface area contributed by atoms with Crippen LogP contribution in [-0.4, -0.2) is 25.2 Å². The van der Waals surface area contributed by atoms with Gasteiger partial charge in [-0.15, -0.1) is 0 Å². The highest BCUT2D eigenvalue weighted by Crippen LogP contribution is 2.42. The summed E-state index contributed by atoms with van der Waals surface area (Å²) in [6.07, 6.45) is 7.06. The minimum atomic E-state index is 0.652. The average Bonchev–Trinajstić information content (AvgIpc) is 2.78. The van der Waals surface area contributed by atoms with E-state index < -0.39 is 0 Å². The third-order valence-electron chi connectivity index (χ3n) is 3.87. The molecule has 2 aliphatic carbocycles. The molecule has 3 unspecified atom stereocenters. The fourth-order valence-corrected chi connectivity index (χ4v) is 3.22. The normalized spacial score (nSPS) is 40.6. The monoisotopic (exact) mass is 194 g/mol. The summed E-state index contributed by atoms with van der Waals surface area (Å²) in [6.45, 7) is 1.60. The molecule has 78 valence electrons. The molecule has 3 atom stereocenters. The second-order valence-electron chi connectivity index (χ2n) is 4.81. The van der Waals surface area contributed by atoms with Crippen LogP contribution < -0.4 is 5.32 Å². The molecule has 2 bridgehead atoms. The number of nitrogens with one attached hydrogen (secondary N) is 1. The van der Waals surface area contributed by atoms with E-state index in [1.807, 2.05) is 0 Å². The first-order valence-corrected chi connectivity index (χ1v) is 5.85. The van der Waals surface area contributed by atoms with E-state index in [2.05, 4.69) is 10.3 Å². The van der Waals surface area contributed by atoms with E-state index in [1.165, 1.54) is 32.1 Å². The van der Waals surface area contributed by atoms with E-state index >= 15 is 0 Å². The van der Waals surface area contributed by atoms with Crippen LogP contribution in [0.2, 0.25) is 0 Å². The number of hydrogen-bond donors (Lipinski definition) is 1. The van der Waals surface area contributed by atoms with Crippen LogP contribution in [0.5, 0.6) is 0 Å². The summed E-state index contributed by atoms with van der Waals surface area (Å²) in [6, 6.07) is 1.46. The van der Waals surface area contributed by atoms with Crippen LogP contribution in [-0.2, 0) is 4.74 Å². The average molecular weight is 194 g/mol. The SMILES string of the molecule is C1CC2CC(C1)C(NC1=NCCO1)C2. The van der Waals surface area contributed by atoms with Crippen molar-refractivity contribution >= 4 is 6.02 Å². The Morgan fingerprint density at radius 1 is 1.29 bits per heavy atom. The molecule has 3 rings (SSSR count). The first-order chi connectivity index (χ1) is 6.92. The molecule has 2 saturated carbocycles. The van der Waals surface area contributed by atoms with Gasteiger partial charge < -0.3 is 10.1 Å². The van der Waals surface area contributed by atoms with E-state index in [0.717, 1.165) is 31.0 Å². The predicted octanol–water partition coefficient (Wildman–Crippen LogP) is 1.54. The van der Waals surface area contributed by atoms with Gasteiger partial charge in [0.1, 0.15) is 6.61 Å². The molecule has 1 N–H and O–H groups in total. The summed E-state index contributed by atoms with van der Waals surface area (Å²) in [7, 11) is 0. The molecule has 2 fully saturated rings. The van der Waals surface area contributed by atoms with E-state index in [9.17, 15) is 0 Å². The number of nitrogens with zero attached hydrogens (tertiary/aromatic N) is 1. The van der Waals surface area contributed by atoms with Crippen molar-refractivity contribution in [3.8, 4) is 0 Å². The second kappa shape index (κ2) is 3.44. The Labute approximate surface area is 84.9 Å². The van der Waals surface area contributed by atoms with Crippen LogP contribution in [0, 0.1) is 11.8 Å². The molecule has 3 heteroatoms. The van der Waals surface area contributed by atoms with E-state index in [-0.39, 0.29) is 0 Å². The van der Waals surface area contributed by atoms with Gasteiger partial charge in [0.2, 0.25) is 0 Å². The standard InChI is InChI=1S/C11H18N2O/c1-2-8-6-9(3-1)10(7-8)13-11-12-4-5-14-11/h8-10H,1-7H2,(H,12,13). The van der Waals surface area contributed by atoms with Crippen molar-refractivity contribution < 1.29 is 4.74 Å². The Hall–Kier alpha value is -0.730. The molecule has 0 spiro atoms. The quantitative estimate of drug-likeness (QED) is 0.687. The summed E-state index contributed by atoms with van der Waals surface area (Å²) in [4.78, 5) is 4.30. The lowest BCUT2D eigenvalue weighted by molar-refractivity contribution is 0.307. The highest BCUT2D eigenvalue weighted by molar-refractivity contribution is 5.75. The smallest absolute Gasteiger partial charge is 0.285 e. The lowest BCUT2D eigenvalue weighted by Crippen LogP contribution is -2.37. The molecular weight excluding hydrogens is 176 g/mol. The zero-order valence-corrected chi connectivity index (χ0v) is 8.54. The van der Waals surface area contributed by atoms with Crippen LogP contribution in [0.3, 0.4) is 0 Å². The largest absolute Gasteiger partial charge is 0.463 e. The van der Waals surface area contributed by atoms with Gasteiger partial charge in [-0.3, -0.25) is 0 Å². The third-order valence-corrected chi connectivity index (χ3v) is 3.87. The Bertz CT molecular complexity index is 252. The number of amidine groups is 1. The summed E-state index contributed by atoms with van der Waals surface area (Å²) < 4.78 is 5.40. The Balaban J connectivity index is 1.62. The number of fused-ring (bicyclic) bond motifs is 2. The van der Waals surface area contributed by atoms with Crippen molar-refractivity contribution in [2.45, 2.75) is 38.1 Å². The number of ether oxygens (including phenoxy) is 1. The van der Waals surface area contributed by atoms with Crippen molar-refractivity contribution in [2.24, 2.45) is 16.8 Å². The molecule has 0 aromatic rings. The summed E-state index contributed by atoms with van der Waals surface area (Å²) in [5.41, 5.74) is 0. The zero-order chi connectivity index (χ0) is 9.38. The molecule has 0 aromatic carbocycles. The van der Waals surface area contributed by atoms with Crippen molar-refractivity contribution in [2.75, 3.05) is 13.2 Å². The van der Waals surface area contributed by atoms with Crippen molar-refractivity contribution in [3.05, 3.63) is 0 Å². The van der Waals surface area contributed by atoms with Gasteiger partial charge in [0.05, 0.1) is 6.54 Å². The maximum atomic E-state index is 5.40. The highest BCUT2D eigenvalue weighted by atomic mass is 16.5. The van der Waals surface area contributed by atoms with Crippen molar-refractivity contribution in [3.63, 3.8) is 0 Å². The second-order valence-corrected chi connectivity index (χ2v) is 4.81. The summed E-state index contributed by atoms with van der Waals surface area (Å²) in [5, 5.41) is 3.48. The Kier molecular flexibility index (Phi) is 2.11. The molecule has 3 nitrogen and oxygen atoms in total. The Morgan fingerprint density at radius 3 is 3.07 bits per heavy atom. The maximum Gasteiger partial charge on any atom is 0.285 e. The summed E-state index contributed by atoms with van der Waals surface area (Å²) in [5.74, 6) is 1.87. The molecular formula is C11H18N2O. The van der Waals surface area contributed by atoms with Gasteiger partial charge in [0.25, 0.3) is 6.02 Å². The fraction of sp³-hybridized carbons (Fsp3) is 0.909. The van der Waals surface area contributed by atoms with Gasteiger partial charge in [-0.2, -0.15) is 0 Å². The lowest BCUT2D eigenvalue weighted by atomic mass is 9.89. The number of hydrogen-bond acceptors (Lipinski definition) is 3. The number of rotatable bonds is 1. The van der Waals surface area contributed by atoms with Crippen LogP contribution in [0.25, 0.3) is 0 Å². The lowest BCUT2D eigenvalue weighted by Gasteiger charge is -2.21. The zero-order valence-electron chi connectivity index (χ0n) is 8.54. The fourth-order valence-electron chi connectivity index (χ4n) is 3.22. The van der Waals surface area contributed by atoms with Gasteiger partial charge in [-0.25, -0.2) is 4.99 Å². The van der Waals surface area contributed by atoms with Gasteiger partial charge in [0.15, 0.2) is 0 Å². The molecule has 0 aromatic heterocycles. The molecule has 14 heavy (non-hydrogen) atoms. The molecule has 3 aliphatic rings. The maximum absolute atomic E-state index is 5.40. The highest BCUT2D eigenvalue weighted by Gasteiger charge is 2.37. The topological polar surface area (TPSA) is 33.6 Å². The van der Waals surface area contributed by atoms with Gasteiger partial charge in [-0.1, -0.05) is 12.8 Å². The van der Waals surface area contributed by atoms with Crippen LogP contribution in [0.1, 0.15) is 32.1 Å². The molecule has 1 heterocycles. The summed E-state index contributed by atoms with van der Waals surface area (Å²) >= 11 is 0. The van der Waals surface area contributed by atoms with Crippen molar-refractivity contribution in [1.29, 1.82) is 0 Å². The van der Waals surface area contributed by atoms with Crippen LogP contribution in [0.4, 0.5) is 0 Å². The van der Waals surface area contributed by atoms with Crippen LogP contribution in [0.15, 0.2) is 4.99 Å². The predicted molar refractivity (Wildman–Crippen MR) is 55.2 cm³/mol. The minimum Gasteiger partial charge on any atom is -0.463 e. The van der Waals surface area contributed by atoms with Crippen LogP contribution >= 0.6 is 0 Å². The third kappa shape index (κ3) is 1.49. The van der Waals surface area contributed by atoms with E-state index in [0.29, 0.717) is 6.04 Å². The Morgan fingerprint density at radius 2 is 2.29 bits per heavy atom. The molecule has 0 amide bonds. The first kappa shape index (κ1) is 8.57. The minimum absolute atomic E-state index is 0.652. The molecule has 0 saturated heterocycles. The molecule has 0 radical (unpaired) electrons. The van der Waals surface area contributed by atoms with Gasteiger partial charge in [-0.05, 0) is 31.1 Å². The van der Waals surface area contributed by atoms with Gasteiger partial charge >= 0.3 is 0 Å². The van der Waals surface area contributed by atoms with E-state index in [1.54, 1.807) is 0 Å².